The second-order valence-electron chi connectivity index (χ2n) is 5.87. The lowest BCUT2D eigenvalue weighted by molar-refractivity contribution is 0.0897. The summed E-state index contributed by atoms with van der Waals surface area (Å²) in [5.41, 5.74) is 1.52. The van der Waals surface area contributed by atoms with Gasteiger partial charge >= 0.3 is 0 Å². The van der Waals surface area contributed by atoms with Gasteiger partial charge in [-0.15, -0.1) is 0 Å². The van der Waals surface area contributed by atoms with Crippen molar-refractivity contribution in [3.05, 3.63) is 11.8 Å². The van der Waals surface area contributed by atoms with E-state index in [-0.39, 0.29) is 0 Å². The average Bonchev–Trinajstić information content (AvgIpc) is 3.05. The van der Waals surface area contributed by atoms with Crippen LogP contribution in [0, 0.1) is 5.92 Å². The van der Waals surface area contributed by atoms with Crippen molar-refractivity contribution in [2.75, 3.05) is 6.61 Å². The van der Waals surface area contributed by atoms with Crippen molar-refractivity contribution in [3.63, 3.8) is 0 Å². The van der Waals surface area contributed by atoms with E-state index in [0.717, 1.165) is 12.5 Å². The Morgan fingerprint density at radius 3 is 2.82 bits per heavy atom. The summed E-state index contributed by atoms with van der Waals surface area (Å²) < 4.78 is 11.5. The molecular formula is C15H24O2. The zero-order valence-electron chi connectivity index (χ0n) is 10.7. The topological polar surface area (TPSA) is 18.5 Å². The van der Waals surface area contributed by atoms with E-state index in [2.05, 4.69) is 0 Å². The van der Waals surface area contributed by atoms with E-state index in [1.165, 1.54) is 63.4 Å². The lowest BCUT2D eigenvalue weighted by Crippen LogP contribution is -2.16. The van der Waals surface area contributed by atoms with Gasteiger partial charge in [-0.3, -0.25) is 0 Å². The minimum Gasteiger partial charge on any atom is -0.501 e. The molecule has 0 aromatic carbocycles. The standard InChI is InChI=1S/C15H24O2/c1-2-5-12(4-1)11-16-9-3-6-13-10-14-7-8-15(13)17-14/h11,13-15H,1-10H2. The summed E-state index contributed by atoms with van der Waals surface area (Å²) >= 11 is 0. The van der Waals surface area contributed by atoms with Gasteiger partial charge in [0.05, 0.1) is 25.1 Å². The van der Waals surface area contributed by atoms with E-state index in [1.54, 1.807) is 0 Å². The molecule has 2 saturated heterocycles. The minimum atomic E-state index is 0.591. The number of hydrogen-bond donors (Lipinski definition) is 0. The van der Waals surface area contributed by atoms with Crippen LogP contribution in [0.25, 0.3) is 0 Å². The molecule has 3 atom stereocenters. The lowest BCUT2D eigenvalue weighted by Gasteiger charge is -2.17. The van der Waals surface area contributed by atoms with Crippen molar-refractivity contribution in [2.45, 2.75) is 70.0 Å². The maximum Gasteiger partial charge on any atom is 0.0873 e. The summed E-state index contributed by atoms with van der Waals surface area (Å²) in [6.45, 7) is 0.900. The first-order chi connectivity index (χ1) is 8.42. The number of fused-ring (bicyclic) bond motifs is 2. The van der Waals surface area contributed by atoms with Gasteiger partial charge in [0, 0.05) is 0 Å². The molecule has 1 saturated carbocycles. The molecule has 1 aliphatic carbocycles. The highest BCUT2D eigenvalue weighted by Crippen LogP contribution is 2.40. The van der Waals surface area contributed by atoms with Gasteiger partial charge in [-0.1, -0.05) is 0 Å². The summed E-state index contributed by atoms with van der Waals surface area (Å²) in [6, 6.07) is 0. The molecule has 0 radical (unpaired) electrons. The van der Waals surface area contributed by atoms with Gasteiger partial charge in [-0.05, 0) is 69.3 Å². The molecule has 2 bridgehead atoms. The van der Waals surface area contributed by atoms with Crippen molar-refractivity contribution < 1.29 is 9.47 Å². The Morgan fingerprint density at radius 2 is 2.12 bits per heavy atom. The summed E-state index contributed by atoms with van der Waals surface area (Å²) in [5.74, 6) is 0.830. The number of allylic oxidation sites excluding steroid dienone is 1. The number of ether oxygens (including phenoxy) is 2. The average molecular weight is 236 g/mol. The van der Waals surface area contributed by atoms with E-state index >= 15 is 0 Å². The normalized spacial score (nSPS) is 35.5. The van der Waals surface area contributed by atoms with Crippen LogP contribution in [0.2, 0.25) is 0 Å². The fourth-order valence-corrected chi connectivity index (χ4v) is 3.60. The summed E-state index contributed by atoms with van der Waals surface area (Å²) in [5, 5.41) is 0. The molecule has 3 rings (SSSR count). The van der Waals surface area contributed by atoms with Crippen LogP contribution in [-0.2, 0) is 9.47 Å². The molecule has 0 amide bonds. The molecule has 3 unspecified atom stereocenters. The Labute approximate surface area is 104 Å². The Kier molecular flexibility index (Phi) is 3.70. The molecule has 2 nitrogen and oxygen atoms in total. The molecule has 3 fully saturated rings. The predicted molar refractivity (Wildman–Crippen MR) is 67.7 cm³/mol. The third kappa shape index (κ3) is 2.85. The van der Waals surface area contributed by atoms with Crippen LogP contribution in [0.15, 0.2) is 11.8 Å². The molecule has 2 heteroatoms. The van der Waals surface area contributed by atoms with Crippen LogP contribution in [0.5, 0.6) is 0 Å². The second kappa shape index (κ2) is 5.43. The molecule has 0 N–H and O–H groups in total. The molecule has 17 heavy (non-hydrogen) atoms. The fraction of sp³-hybridized carbons (Fsp3) is 0.867. The van der Waals surface area contributed by atoms with Gasteiger partial charge in [0.25, 0.3) is 0 Å². The van der Waals surface area contributed by atoms with Crippen LogP contribution in [0.4, 0.5) is 0 Å². The summed E-state index contributed by atoms with van der Waals surface area (Å²) in [7, 11) is 0. The van der Waals surface area contributed by atoms with Crippen molar-refractivity contribution in [2.24, 2.45) is 5.92 Å². The fourth-order valence-electron chi connectivity index (χ4n) is 3.60. The maximum absolute atomic E-state index is 5.87. The van der Waals surface area contributed by atoms with Gasteiger partial charge in [0.2, 0.25) is 0 Å². The van der Waals surface area contributed by atoms with E-state index in [1.807, 2.05) is 6.26 Å². The highest BCUT2D eigenvalue weighted by molar-refractivity contribution is 5.02. The monoisotopic (exact) mass is 236 g/mol. The van der Waals surface area contributed by atoms with Crippen molar-refractivity contribution >= 4 is 0 Å². The van der Waals surface area contributed by atoms with E-state index in [4.69, 9.17) is 9.47 Å². The minimum absolute atomic E-state index is 0.591. The largest absolute Gasteiger partial charge is 0.501 e. The zero-order valence-corrected chi connectivity index (χ0v) is 10.7. The van der Waals surface area contributed by atoms with Gasteiger partial charge in [0.1, 0.15) is 0 Å². The van der Waals surface area contributed by atoms with Crippen molar-refractivity contribution in [3.8, 4) is 0 Å². The van der Waals surface area contributed by atoms with E-state index < -0.39 is 0 Å². The quantitative estimate of drug-likeness (QED) is 0.534. The van der Waals surface area contributed by atoms with E-state index in [0.29, 0.717) is 12.2 Å². The molecule has 2 heterocycles. The molecule has 96 valence electrons. The predicted octanol–water partition coefficient (Wildman–Crippen LogP) is 3.81. The van der Waals surface area contributed by atoms with Crippen LogP contribution in [-0.4, -0.2) is 18.8 Å². The molecule has 3 aliphatic rings. The first-order valence-corrected chi connectivity index (χ1v) is 7.37. The van der Waals surface area contributed by atoms with Crippen LogP contribution in [0.1, 0.15) is 57.8 Å². The summed E-state index contributed by atoms with van der Waals surface area (Å²) in [6.07, 6.45) is 14.9. The molecule has 0 spiro atoms. The Hall–Kier alpha value is -0.500. The van der Waals surface area contributed by atoms with Gasteiger partial charge in [-0.2, -0.15) is 0 Å². The number of rotatable bonds is 5. The van der Waals surface area contributed by atoms with E-state index in [9.17, 15) is 0 Å². The van der Waals surface area contributed by atoms with Gasteiger partial charge < -0.3 is 9.47 Å². The van der Waals surface area contributed by atoms with Crippen LogP contribution < -0.4 is 0 Å². The SMILES string of the molecule is C(OCCCC1CC2CCC1O2)=C1CCCC1. The van der Waals surface area contributed by atoms with Crippen molar-refractivity contribution in [1.82, 2.24) is 0 Å². The highest BCUT2D eigenvalue weighted by atomic mass is 16.5. The van der Waals surface area contributed by atoms with Crippen LogP contribution in [0.3, 0.4) is 0 Å². The molecular weight excluding hydrogens is 212 g/mol. The smallest absolute Gasteiger partial charge is 0.0873 e. The lowest BCUT2D eigenvalue weighted by atomic mass is 9.86. The maximum atomic E-state index is 5.87. The zero-order chi connectivity index (χ0) is 11.5. The number of hydrogen-bond acceptors (Lipinski definition) is 2. The highest BCUT2D eigenvalue weighted by Gasteiger charge is 2.39. The van der Waals surface area contributed by atoms with Gasteiger partial charge in [0.15, 0.2) is 0 Å². The Bertz CT molecular complexity index is 277. The third-order valence-electron chi connectivity index (χ3n) is 4.56. The first-order valence-electron chi connectivity index (χ1n) is 7.37. The Morgan fingerprint density at radius 1 is 1.24 bits per heavy atom. The molecule has 0 aromatic heterocycles. The van der Waals surface area contributed by atoms with Crippen molar-refractivity contribution in [1.29, 1.82) is 0 Å². The first kappa shape index (κ1) is 11.6. The molecule has 2 aliphatic heterocycles. The summed E-state index contributed by atoms with van der Waals surface area (Å²) in [4.78, 5) is 0. The van der Waals surface area contributed by atoms with Crippen LogP contribution >= 0.6 is 0 Å². The molecule has 0 aromatic rings. The Balaban J connectivity index is 1.29. The van der Waals surface area contributed by atoms with Gasteiger partial charge in [-0.25, -0.2) is 0 Å². The third-order valence-corrected chi connectivity index (χ3v) is 4.56. The second-order valence-corrected chi connectivity index (χ2v) is 5.87.